The summed E-state index contributed by atoms with van der Waals surface area (Å²) >= 11 is 0. The number of aliphatic hydroxyl groups excluding tert-OH is 1. The van der Waals surface area contributed by atoms with Crippen LogP contribution in [0, 0.1) is 17.8 Å². The minimum atomic E-state index is -0.858. The topological polar surface area (TPSA) is 132 Å². The summed E-state index contributed by atoms with van der Waals surface area (Å²) in [4.78, 5) is 61.0. The van der Waals surface area contributed by atoms with Gasteiger partial charge in [0.05, 0.1) is 61.4 Å². The van der Waals surface area contributed by atoms with Crippen LogP contribution in [-0.4, -0.2) is 140 Å². The van der Waals surface area contributed by atoms with Gasteiger partial charge in [0.15, 0.2) is 0 Å². The number of rotatable bonds is 19. The number of methoxy groups -OCH3 is 2. The van der Waals surface area contributed by atoms with Crippen molar-refractivity contribution < 1.29 is 33.8 Å². The molecule has 284 valence electrons. The Morgan fingerprint density at radius 1 is 0.960 bits per heavy atom. The largest absolute Gasteiger partial charge is 0.386 e. The van der Waals surface area contributed by atoms with Crippen molar-refractivity contribution in [3.63, 3.8) is 0 Å². The van der Waals surface area contributed by atoms with E-state index in [0.717, 1.165) is 18.4 Å². The molecule has 9 unspecified atom stereocenters. The minimum absolute atomic E-state index is 0.00472. The fourth-order valence-electron chi connectivity index (χ4n) is 7.50. The van der Waals surface area contributed by atoms with Crippen LogP contribution >= 0.6 is 0 Å². The second-order valence-corrected chi connectivity index (χ2v) is 14.6. The molecule has 0 spiro atoms. The van der Waals surface area contributed by atoms with E-state index in [4.69, 9.17) is 9.47 Å². The van der Waals surface area contributed by atoms with Gasteiger partial charge in [-0.3, -0.25) is 24.1 Å². The molecule has 1 saturated heterocycles. The van der Waals surface area contributed by atoms with Gasteiger partial charge in [0.25, 0.3) is 0 Å². The Kier molecular flexibility index (Phi) is 17.3. The average molecular weight is 704 g/mol. The van der Waals surface area contributed by atoms with Gasteiger partial charge in [-0.15, -0.1) is 0 Å². The molecule has 1 aliphatic rings. The van der Waals surface area contributed by atoms with Crippen LogP contribution in [0.1, 0.15) is 78.9 Å². The van der Waals surface area contributed by atoms with E-state index < -0.39 is 36.3 Å². The predicted octanol–water partition coefficient (Wildman–Crippen LogP) is 3.19. The van der Waals surface area contributed by atoms with Gasteiger partial charge in [-0.1, -0.05) is 71.4 Å². The van der Waals surface area contributed by atoms with Crippen molar-refractivity contribution in [3.05, 3.63) is 35.9 Å². The van der Waals surface area contributed by atoms with E-state index in [2.05, 4.69) is 5.32 Å². The highest BCUT2D eigenvalue weighted by atomic mass is 16.5. The third-order valence-electron chi connectivity index (χ3n) is 10.7. The minimum Gasteiger partial charge on any atom is -0.386 e. The van der Waals surface area contributed by atoms with Gasteiger partial charge in [0.1, 0.15) is 0 Å². The second-order valence-electron chi connectivity index (χ2n) is 14.6. The Morgan fingerprint density at radius 2 is 1.58 bits per heavy atom. The molecule has 1 aliphatic heterocycles. The van der Waals surface area contributed by atoms with Crippen LogP contribution in [0.4, 0.5) is 0 Å². The molecule has 0 aromatic heterocycles. The number of likely N-dealkylation sites (tertiary alicyclic amines) is 1. The molecule has 2 rings (SSSR count). The molecule has 0 aliphatic carbocycles. The monoisotopic (exact) mass is 703 g/mol. The highest BCUT2D eigenvalue weighted by Crippen LogP contribution is 2.30. The molecule has 0 saturated carbocycles. The van der Waals surface area contributed by atoms with Crippen molar-refractivity contribution in [2.75, 3.05) is 55.5 Å². The van der Waals surface area contributed by atoms with Crippen LogP contribution in [-0.2, 0) is 28.7 Å². The number of likely N-dealkylation sites (N-methyl/N-ethyl adjacent to an activating group) is 3. The third-order valence-corrected chi connectivity index (χ3v) is 10.7. The zero-order valence-electron chi connectivity index (χ0n) is 32.6. The number of hydrogen-bond donors (Lipinski definition) is 2. The van der Waals surface area contributed by atoms with Gasteiger partial charge in [0, 0.05) is 34.9 Å². The molecule has 0 radical (unpaired) electrons. The Labute approximate surface area is 300 Å². The van der Waals surface area contributed by atoms with Crippen molar-refractivity contribution in [1.82, 2.24) is 24.9 Å². The summed E-state index contributed by atoms with van der Waals surface area (Å²) in [5, 5.41) is 13.8. The summed E-state index contributed by atoms with van der Waals surface area (Å²) in [7, 11) is 10.2. The first-order chi connectivity index (χ1) is 23.5. The van der Waals surface area contributed by atoms with Crippen molar-refractivity contribution in [3.8, 4) is 0 Å². The predicted molar refractivity (Wildman–Crippen MR) is 195 cm³/mol. The van der Waals surface area contributed by atoms with Gasteiger partial charge in [-0.25, -0.2) is 0 Å². The molecule has 0 bridgehead atoms. The van der Waals surface area contributed by atoms with E-state index in [0.29, 0.717) is 13.0 Å². The first kappa shape index (κ1) is 43.1. The third kappa shape index (κ3) is 10.7. The number of hydrogen-bond acceptors (Lipinski definition) is 8. The number of carbonyl (C=O) groups excluding carboxylic acids is 4. The van der Waals surface area contributed by atoms with Gasteiger partial charge >= 0.3 is 0 Å². The Morgan fingerprint density at radius 3 is 2.10 bits per heavy atom. The van der Waals surface area contributed by atoms with Crippen LogP contribution in [0.3, 0.4) is 0 Å². The molecule has 1 heterocycles. The van der Waals surface area contributed by atoms with Gasteiger partial charge in [0.2, 0.25) is 23.6 Å². The molecule has 12 nitrogen and oxygen atoms in total. The lowest BCUT2D eigenvalue weighted by Crippen LogP contribution is -2.55. The number of aliphatic hydroxyl groups is 1. The van der Waals surface area contributed by atoms with E-state index in [-0.39, 0.29) is 60.5 Å². The van der Waals surface area contributed by atoms with E-state index in [1.54, 1.807) is 43.0 Å². The van der Waals surface area contributed by atoms with Gasteiger partial charge in [-0.05, 0) is 51.3 Å². The van der Waals surface area contributed by atoms with Crippen molar-refractivity contribution in [2.45, 2.75) is 110 Å². The molecule has 1 fully saturated rings. The molecule has 1 aromatic carbocycles. The summed E-state index contributed by atoms with van der Waals surface area (Å²) in [5.74, 6) is -1.29. The van der Waals surface area contributed by atoms with Crippen molar-refractivity contribution in [1.29, 1.82) is 0 Å². The highest BCUT2D eigenvalue weighted by Gasteiger charge is 2.43. The molecule has 12 heteroatoms. The first-order valence-corrected chi connectivity index (χ1v) is 18.1. The molecule has 4 amide bonds. The maximum atomic E-state index is 14.0. The molecule has 1 aromatic rings. The normalized spacial score (nSPS) is 19.7. The lowest BCUT2D eigenvalue weighted by atomic mass is 9.90. The van der Waals surface area contributed by atoms with Crippen LogP contribution < -0.4 is 5.32 Å². The zero-order valence-corrected chi connectivity index (χ0v) is 32.6. The summed E-state index contributed by atoms with van der Waals surface area (Å²) in [6.07, 6.45) is 0.230. The SMILES string of the molecule is CCC(C)C(C(CC(=O)N1CCCC1C(OC)C(C)C(=O)N(C)C(C)C(O)c1ccccc1)OC)N(C)C(=O)CNC(=O)C(C(C)C)N(C)C. The maximum absolute atomic E-state index is 14.0. The number of carbonyl (C=O) groups is 4. The lowest BCUT2D eigenvalue weighted by molar-refractivity contribution is -0.149. The number of amides is 4. The van der Waals surface area contributed by atoms with Crippen molar-refractivity contribution in [2.24, 2.45) is 17.8 Å². The summed E-state index contributed by atoms with van der Waals surface area (Å²) in [6, 6.07) is 7.66. The number of ether oxygens (including phenoxy) is 2. The van der Waals surface area contributed by atoms with E-state index in [9.17, 15) is 24.3 Å². The van der Waals surface area contributed by atoms with E-state index >= 15 is 0 Å². The Balaban J connectivity index is 2.19. The Bertz CT molecular complexity index is 1220. The number of nitrogens with one attached hydrogen (secondary N) is 1. The van der Waals surface area contributed by atoms with Crippen LogP contribution in [0.15, 0.2) is 30.3 Å². The molecule has 9 atom stereocenters. The second kappa shape index (κ2) is 20.1. The van der Waals surface area contributed by atoms with Crippen LogP contribution in [0.5, 0.6) is 0 Å². The maximum Gasteiger partial charge on any atom is 0.242 e. The fraction of sp³-hybridized carbons (Fsp3) is 0.737. The van der Waals surface area contributed by atoms with Crippen molar-refractivity contribution >= 4 is 23.6 Å². The van der Waals surface area contributed by atoms with E-state index in [1.807, 2.05) is 90.9 Å². The lowest BCUT2D eigenvalue weighted by Gasteiger charge is -2.40. The summed E-state index contributed by atoms with van der Waals surface area (Å²) in [6.45, 7) is 12.0. The average Bonchev–Trinajstić information content (AvgIpc) is 3.58. The number of nitrogens with zero attached hydrogens (tertiary/aromatic N) is 4. The van der Waals surface area contributed by atoms with Crippen LogP contribution in [0.2, 0.25) is 0 Å². The quantitative estimate of drug-likeness (QED) is 0.225. The fourth-order valence-corrected chi connectivity index (χ4v) is 7.50. The van der Waals surface area contributed by atoms with Crippen LogP contribution in [0.25, 0.3) is 0 Å². The van der Waals surface area contributed by atoms with E-state index in [1.165, 1.54) is 0 Å². The Hall–Kier alpha value is -3.06. The first-order valence-electron chi connectivity index (χ1n) is 18.1. The summed E-state index contributed by atoms with van der Waals surface area (Å²) < 4.78 is 11.9. The summed E-state index contributed by atoms with van der Waals surface area (Å²) in [5.41, 5.74) is 0.729. The molecular formula is C38H65N5O7. The molecular weight excluding hydrogens is 638 g/mol. The zero-order chi connectivity index (χ0) is 37.9. The van der Waals surface area contributed by atoms with Gasteiger partial charge in [-0.2, -0.15) is 0 Å². The number of benzene rings is 1. The highest BCUT2D eigenvalue weighted by molar-refractivity contribution is 5.87. The standard InChI is InChI=1S/C38H65N5O7/c1-13-25(4)34(42(10)32(45)23-39-37(47)33(24(2)3)40(7)8)30(49-11)22-31(44)43-21-17-20-29(43)36(50-12)26(5)38(48)41(9)27(6)35(46)28-18-15-14-16-19-28/h14-16,18-19,24-27,29-30,33-36,46H,13,17,20-23H2,1-12H3,(H,39,47). The molecule has 50 heavy (non-hydrogen) atoms. The molecule has 2 N–H and O–H groups in total. The smallest absolute Gasteiger partial charge is 0.242 e. The van der Waals surface area contributed by atoms with Gasteiger partial charge < -0.3 is 34.6 Å².